The summed E-state index contributed by atoms with van der Waals surface area (Å²) in [5, 5.41) is 3.21. The molecule has 1 aromatic rings. The lowest BCUT2D eigenvalue weighted by Crippen LogP contribution is -2.25. The van der Waals surface area contributed by atoms with Crippen LogP contribution >= 0.6 is 0 Å². The summed E-state index contributed by atoms with van der Waals surface area (Å²) in [5.41, 5.74) is 5.92. The van der Waals surface area contributed by atoms with E-state index in [0.717, 1.165) is 5.56 Å². The molecule has 0 aliphatic carbocycles. The van der Waals surface area contributed by atoms with Crippen molar-refractivity contribution in [3.05, 3.63) is 23.8 Å². The van der Waals surface area contributed by atoms with Crippen LogP contribution in [0.2, 0.25) is 0 Å². The maximum Gasteiger partial charge on any atom is 0.404 e. The van der Waals surface area contributed by atoms with E-state index in [1.54, 1.807) is 14.2 Å². The molecule has 6 nitrogen and oxygen atoms in total. The number of carbonyl (C=O) groups excluding carboxylic acids is 1. The number of methoxy groups -OCH3 is 2. The van der Waals surface area contributed by atoms with Crippen LogP contribution in [0.3, 0.4) is 0 Å². The first kappa shape index (κ1) is 15.1. The lowest BCUT2D eigenvalue weighted by molar-refractivity contribution is 0.156. The summed E-state index contributed by atoms with van der Waals surface area (Å²) in [4.78, 5) is 10.4. The van der Waals surface area contributed by atoms with Crippen LogP contribution in [0.15, 0.2) is 18.2 Å². The second kappa shape index (κ2) is 7.48. The van der Waals surface area contributed by atoms with Crippen molar-refractivity contribution in [3.63, 3.8) is 0 Å². The summed E-state index contributed by atoms with van der Waals surface area (Å²) in [7, 11) is 3.20. The van der Waals surface area contributed by atoms with Crippen molar-refractivity contribution in [2.24, 2.45) is 5.73 Å². The highest BCUT2D eigenvalue weighted by Gasteiger charge is 2.09. The van der Waals surface area contributed by atoms with Gasteiger partial charge in [-0.05, 0) is 24.6 Å². The maximum absolute atomic E-state index is 10.4. The van der Waals surface area contributed by atoms with Crippen molar-refractivity contribution < 1.29 is 19.0 Å². The second-order valence-electron chi connectivity index (χ2n) is 3.96. The number of nitrogens with one attached hydrogen (secondary N) is 1. The Labute approximate surface area is 112 Å². The zero-order valence-corrected chi connectivity index (χ0v) is 11.4. The maximum atomic E-state index is 10.4. The molecule has 0 aromatic heterocycles. The Bertz CT molecular complexity index is 423. The minimum absolute atomic E-state index is 0.0938. The van der Waals surface area contributed by atoms with Crippen LogP contribution in [0.4, 0.5) is 4.79 Å². The molecule has 1 unspecified atom stereocenters. The third-order valence-electron chi connectivity index (χ3n) is 2.70. The van der Waals surface area contributed by atoms with Crippen LogP contribution < -0.4 is 20.5 Å². The molecule has 0 radical (unpaired) electrons. The largest absolute Gasteiger partial charge is 0.493 e. The Morgan fingerprint density at radius 2 is 2.00 bits per heavy atom. The van der Waals surface area contributed by atoms with E-state index >= 15 is 0 Å². The van der Waals surface area contributed by atoms with E-state index in [2.05, 4.69) is 10.1 Å². The quantitative estimate of drug-likeness (QED) is 0.731. The Morgan fingerprint density at radius 1 is 1.32 bits per heavy atom. The molecule has 0 aliphatic heterocycles. The number of benzene rings is 1. The molecule has 106 valence electrons. The molecule has 19 heavy (non-hydrogen) atoms. The third-order valence-corrected chi connectivity index (χ3v) is 2.70. The van der Waals surface area contributed by atoms with Gasteiger partial charge in [-0.2, -0.15) is 0 Å². The minimum atomic E-state index is -0.763. The van der Waals surface area contributed by atoms with E-state index in [9.17, 15) is 4.79 Å². The highest BCUT2D eigenvalue weighted by molar-refractivity contribution is 5.64. The molecule has 0 bridgehead atoms. The molecule has 0 fully saturated rings. The van der Waals surface area contributed by atoms with Gasteiger partial charge in [0.25, 0.3) is 0 Å². The lowest BCUT2D eigenvalue weighted by atomic mass is 10.1. The molecular formula is C13H20N2O4. The summed E-state index contributed by atoms with van der Waals surface area (Å²) in [6, 6.07) is 5.81. The summed E-state index contributed by atoms with van der Waals surface area (Å²) in [5.74, 6) is 1.37. The first-order valence-corrected chi connectivity index (χ1v) is 5.96. The fraction of sp³-hybridized carbons (Fsp3) is 0.462. The Kier molecular flexibility index (Phi) is 5.95. The minimum Gasteiger partial charge on any atom is -0.493 e. The molecule has 0 heterocycles. The highest BCUT2D eigenvalue weighted by atomic mass is 16.5. The third kappa shape index (κ3) is 4.67. The number of nitrogens with two attached hydrogens (primary N) is 1. The van der Waals surface area contributed by atoms with Crippen LogP contribution in [-0.4, -0.2) is 33.5 Å². The average molecular weight is 268 g/mol. The van der Waals surface area contributed by atoms with Gasteiger partial charge in [-0.1, -0.05) is 6.07 Å². The van der Waals surface area contributed by atoms with Gasteiger partial charge >= 0.3 is 6.09 Å². The number of rotatable bonds is 7. The van der Waals surface area contributed by atoms with Crippen molar-refractivity contribution in [1.82, 2.24) is 5.32 Å². The average Bonchev–Trinajstić information content (AvgIpc) is 2.42. The first-order chi connectivity index (χ1) is 9.08. The molecular weight excluding hydrogens is 248 g/mol. The number of ether oxygens (including phenoxy) is 3. The van der Waals surface area contributed by atoms with Crippen LogP contribution in [0.25, 0.3) is 0 Å². The van der Waals surface area contributed by atoms with Gasteiger partial charge in [0.05, 0.1) is 14.2 Å². The molecule has 3 N–H and O–H groups in total. The van der Waals surface area contributed by atoms with Gasteiger partial charge < -0.3 is 25.3 Å². The van der Waals surface area contributed by atoms with Gasteiger partial charge in [0, 0.05) is 12.6 Å². The fourth-order valence-electron chi connectivity index (χ4n) is 1.67. The highest BCUT2D eigenvalue weighted by Crippen LogP contribution is 2.29. The summed E-state index contributed by atoms with van der Waals surface area (Å²) in [6.07, 6.45) is -0.763. The van der Waals surface area contributed by atoms with Gasteiger partial charge in [0.1, 0.15) is 6.61 Å². The predicted molar refractivity (Wildman–Crippen MR) is 71.5 cm³/mol. The Morgan fingerprint density at radius 3 is 2.58 bits per heavy atom. The van der Waals surface area contributed by atoms with E-state index in [1.165, 1.54) is 0 Å². The zero-order valence-electron chi connectivity index (χ0n) is 11.4. The molecule has 1 atom stereocenters. The lowest BCUT2D eigenvalue weighted by Gasteiger charge is -2.16. The smallest absolute Gasteiger partial charge is 0.404 e. The van der Waals surface area contributed by atoms with Crippen molar-refractivity contribution >= 4 is 6.09 Å². The van der Waals surface area contributed by atoms with Crippen LogP contribution in [0.5, 0.6) is 11.5 Å². The Hall–Kier alpha value is -1.95. The topological polar surface area (TPSA) is 82.8 Å². The molecule has 1 rings (SSSR count). The predicted octanol–water partition coefficient (Wildman–Crippen LogP) is 1.45. The molecule has 1 amide bonds. The van der Waals surface area contributed by atoms with E-state index in [1.807, 2.05) is 25.1 Å². The van der Waals surface area contributed by atoms with Gasteiger partial charge in [-0.3, -0.25) is 0 Å². The van der Waals surface area contributed by atoms with Gasteiger partial charge in [0.15, 0.2) is 11.5 Å². The molecule has 0 aliphatic rings. The SMILES string of the molecule is COc1ccc(C(C)NCCOC(N)=O)cc1OC. The molecule has 0 saturated heterocycles. The molecule has 0 spiro atoms. The molecule has 1 aromatic carbocycles. The van der Waals surface area contributed by atoms with Crippen LogP contribution in [-0.2, 0) is 4.74 Å². The zero-order chi connectivity index (χ0) is 14.3. The number of primary amides is 1. The van der Waals surface area contributed by atoms with Crippen molar-refractivity contribution in [3.8, 4) is 11.5 Å². The van der Waals surface area contributed by atoms with Crippen molar-refractivity contribution in [1.29, 1.82) is 0 Å². The first-order valence-electron chi connectivity index (χ1n) is 5.96. The van der Waals surface area contributed by atoms with E-state index in [4.69, 9.17) is 15.2 Å². The van der Waals surface area contributed by atoms with Crippen LogP contribution in [0.1, 0.15) is 18.5 Å². The summed E-state index contributed by atoms with van der Waals surface area (Å²) < 4.78 is 15.1. The van der Waals surface area contributed by atoms with E-state index in [0.29, 0.717) is 18.0 Å². The number of carbonyl (C=O) groups is 1. The monoisotopic (exact) mass is 268 g/mol. The van der Waals surface area contributed by atoms with Crippen molar-refractivity contribution in [2.45, 2.75) is 13.0 Å². The molecule has 0 saturated carbocycles. The second-order valence-corrected chi connectivity index (χ2v) is 3.96. The normalized spacial score (nSPS) is 11.7. The van der Waals surface area contributed by atoms with Gasteiger partial charge in [-0.15, -0.1) is 0 Å². The Balaban J connectivity index is 2.56. The number of hydrogen-bond acceptors (Lipinski definition) is 5. The van der Waals surface area contributed by atoms with E-state index in [-0.39, 0.29) is 12.6 Å². The summed E-state index contributed by atoms with van der Waals surface area (Å²) >= 11 is 0. The van der Waals surface area contributed by atoms with Crippen molar-refractivity contribution in [2.75, 3.05) is 27.4 Å². The van der Waals surface area contributed by atoms with Crippen LogP contribution in [0, 0.1) is 0 Å². The number of amides is 1. The summed E-state index contributed by atoms with van der Waals surface area (Å²) in [6.45, 7) is 2.77. The van der Waals surface area contributed by atoms with Gasteiger partial charge in [0.2, 0.25) is 0 Å². The fourth-order valence-corrected chi connectivity index (χ4v) is 1.67. The molecule has 6 heteroatoms. The standard InChI is InChI=1S/C13H20N2O4/c1-9(15-6-7-19-13(14)16)10-4-5-11(17-2)12(8-10)18-3/h4-5,8-9,15H,6-7H2,1-3H3,(H2,14,16). The van der Waals surface area contributed by atoms with Gasteiger partial charge in [-0.25, -0.2) is 4.79 Å². The van der Waals surface area contributed by atoms with E-state index < -0.39 is 6.09 Å². The number of hydrogen-bond donors (Lipinski definition) is 2.